The van der Waals surface area contributed by atoms with E-state index in [1.807, 2.05) is 31.2 Å². The first-order valence-corrected chi connectivity index (χ1v) is 5.80. The number of pyridine rings is 1. The zero-order valence-corrected chi connectivity index (χ0v) is 10.5. The van der Waals surface area contributed by atoms with Gasteiger partial charge in [-0.05, 0) is 37.3 Å². The number of hydrogen-bond donors (Lipinski definition) is 1. The molecule has 0 spiro atoms. The highest BCUT2D eigenvalue weighted by Crippen LogP contribution is 2.16. The van der Waals surface area contributed by atoms with Crippen LogP contribution in [0.3, 0.4) is 0 Å². The maximum Gasteiger partial charge on any atom is 0.126 e. The minimum atomic E-state index is 0.142. The maximum absolute atomic E-state index is 8.83. The highest BCUT2D eigenvalue weighted by molar-refractivity contribution is 5.81. The van der Waals surface area contributed by atoms with Crippen molar-refractivity contribution in [1.29, 1.82) is 5.26 Å². The lowest BCUT2D eigenvalue weighted by Gasteiger charge is -2.11. The van der Waals surface area contributed by atoms with Crippen LogP contribution in [0.25, 0.3) is 10.9 Å². The molecule has 0 saturated carbocycles. The van der Waals surface area contributed by atoms with Gasteiger partial charge in [-0.3, -0.25) is 0 Å². The van der Waals surface area contributed by atoms with Gasteiger partial charge in [0.2, 0.25) is 0 Å². The molecule has 1 N–H and O–H groups in total. The van der Waals surface area contributed by atoms with E-state index in [0.29, 0.717) is 12.1 Å². The van der Waals surface area contributed by atoms with E-state index in [9.17, 15) is 0 Å². The molecule has 4 nitrogen and oxygen atoms in total. The largest absolute Gasteiger partial charge is 0.380 e. The van der Waals surface area contributed by atoms with Gasteiger partial charge in [0.1, 0.15) is 5.82 Å². The van der Waals surface area contributed by atoms with Gasteiger partial charge in [0, 0.05) is 19.0 Å². The summed E-state index contributed by atoms with van der Waals surface area (Å²) < 4.78 is 5.16. The van der Waals surface area contributed by atoms with Crippen molar-refractivity contribution < 1.29 is 4.74 Å². The van der Waals surface area contributed by atoms with Crippen molar-refractivity contribution in [3.05, 3.63) is 35.9 Å². The second-order valence-electron chi connectivity index (χ2n) is 4.14. The van der Waals surface area contributed by atoms with E-state index in [0.717, 1.165) is 16.7 Å². The van der Waals surface area contributed by atoms with Crippen LogP contribution in [0.4, 0.5) is 5.82 Å². The Bertz CT molecular complexity index is 589. The summed E-state index contributed by atoms with van der Waals surface area (Å²) in [6.45, 7) is 2.71. The molecule has 1 aromatic heterocycles. The Kier molecular flexibility index (Phi) is 3.75. The number of fused-ring (bicyclic) bond motifs is 1. The van der Waals surface area contributed by atoms with Crippen molar-refractivity contribution in [3.63, 3.8) is 0 Å². The number of nitrogens with zero attached hydrogens (tertiary/aromatic N) is 2. The molecule has 0 bridgehead atoms. The normalized spacial score (nSPS) is 12.1. The number of anilines is 1. The van der Waals surface area contributed by atoms with Crippen LogP contribution in [0.1, 0.15) is 12.5 Å². The summed E-state index contributed by atoms with van der Waals surface area (Å²) in [5, 5.41) is 13.0. The van der Waals surface area contributed by atoms with E-state index < -0.39 is 0 Å². The molecule has 18 heavy (non-hydrogen) atoms. The fourth-order valence-electron chi connectivity index (χ4n) is 1.63. The zero-order chi connectivity index (χ0) is 13.0. The Morgan fingerprint density at radius 3 is 2.94 bits per heavy atom. The molecule has 1 heterocycles. The van der Waals surface area contributed by atoms with Crippen LogP contribution < -0.4 is 5.32 Å². The summed E-state index contributed by atoms with van der Waals surface area (Å²) in [6, 6.07) is 11.5. The molecule has 92 valence electrons. The molecular weight excluding hydrogens is 226 g/mol. The molecule has 0 aliphatic rings. The van der Waals surface area contributed by atoms with E-state index in [2.05, 4.69) is 16.4 Å². The molecule has 0 amide bonds. The summed E-state index contributed by atoms with van der Waals surface area (Å²) in [4.78, 5) is 4.48. The summed E-state index contributed by atoms with van der Waals surface area (Å²) in [5.74, 6) is 0.816. The summed E-state index contributed by atoms with van der Waals surface area (Å²) in [7, 11) is 1.68. The minimum Gasteiger partial charge on any atom is -0.380 e. The Morgan fingerprint density at radius 1 is 1.39 bits per heavy atom. The lowest BCUT2D eigenvalue weighted by Crippen LogP contribution is -2.18. The second kappa shape index (κ2) is 5.48. The third kappa shape index (κ3) is 2.76. The fraction of sp³-hybridized carbons (Fsp3) is 0.286. The van der Waals surface area contributed by atoms with E-state index >= 15 is 0 Å². The molecule has 4 heteroatoms. The maximum atomic E-state index is 8.83. The van der Waals surface area contributed by atoms with Gasteiger partial charge in [-0.25, -0.2) is 4.98 Å². The SMILES string of the molecule is COC(C)CNc1ccc2cc(C#N)ccc2n1. The van der Waals surface area contributed by atoms with Gasteiger partial charge in [0.05, 0.1) is 23.3 Å². The minimum absolute atomic E-state index is 0.142. The van der Waals surface area contributed by atoms with Crippen LogP contribution >= 0.6 is 0 Å². The number of nitriles is 1. The molecule has 1 aromatic carbocycles. The van der Waals surface area contributed by atoms with Crippen molar-refractivity contribution in [2.45, 2.75) is 13.0 Å². The number of nitrogens with one attached hydrogen (secondary N) is 1. The number of aromatic nitrogens is 1. The van der Waals surface area contributed by atoms with E-state index in [1.54, 1.807) is 13.2 Å². The van der Waals surface area contributed by atoms with Gasteiger partial charge in [0.15, 0.2) is 0 Å². The molecule has 0 aliphatic heterocycles. The zero-order valence-electron chi connectivity index (χ0n) is 10.5. The van der Waals surface area contributed by atoms with Crippen molar-refractivity contribution >= 4 is 16.7 Å². The van der Waals surface area contributed by atoms with Crippen molar-refractivity contribution in [1.82, 2.24) is 4.98 Å². The third-order valence-corrected chi connectivity index (χ3v) is 2.79. The number of rotatable bonds is 4. The standard InChI is InChI=1S/C14H15N3O/c1-10(18-2)9-16-14-6-4-12-7-11(8-15)3-5-13(12)17-14/h3-7,10H,9H2,1-2H3,(H,16,17). The molecule has 2 rings (SSSR count). The van der Waals surface area contributed by atoms with Gasteiger partial charge >= 0.3 is 0 Å². The van der Waals surface area contributed by atoms with Crippen LogP contribution in [0.5, 0.6) is 0 Å². The quantitative estimate of drug-likeness (QED) is 0.893. The van der Waals surface area contributed by atoms with Gasteiger partial charge in [-0.15, -0.1) is 0 Å². The van der Waals surface area contributed by atoms with E-state index in [-0.39, 0.29) is 6.10 Å². The predicted octanol–water partition coefficient (Wildman–Crippen LogP) is 2.55. The number of hydrogen-bond acceptors (Lipinski definition) is 4. The summed E-state index contributed by atoms with van der Waals surface area (Å²) in [5.41, 5.74) is 1.53. The van der Waals surface area contributed by atoms with Crippen molar-refractivity contribution in [2.24, 2.45) is 0 Å². The van der Waals surface area contributed by atoms with E-state index in [4.69, 9.17) is 10.00 Å². The van der Waals surface area contributed by atoms with Crippen LogP contribution in [0.15, 0.2) is 30.3 Å². The predicted molar refractivity (Wildman–Crippen MR) is 71.4 cm³/mol. The molecule has 1 atom stereocenters. The first-order valence-electron chi connectivity index (χ1n) is 5.80. The van der Waals surface area contributed by atoms with E-state index in [1.165, 1.54) is 0 Å². The monoisotopic (exact) mass is 241 g/mol. The smallest absolute Gasteiger partial charge is 0.126 e. The molecule has 1 unspecified atom stereocenters. The molecule has 0 radical (unpaired) electrons. The van der Waals surface area contributed by atoms with Crippen LogP contribution in [0, 0.1) is 11.3 Å². The Morgan fingerprint density at radius 2 is 2.22 bits per heavy atom. The van der Waals surface area contributed by atoms with Crippen molar-refractivity contribution in [3.8, 4) is 6.07 Å². The average Bonchev–Trinajstić information content (AvgIpc) is 2.43. The Balaban J connectivity index is 2.20. The molecule has 0 fully saturated rings. The van der Waals surface area contributed by atoms with Gasteiger partial charge in [0.25, 0.3) is 0 Å². The lowest BCUT2D eigenvalue weighted by molar-refractivity contribution is 0.128. The highest BCUT2D eigenvalue weighted by atomic mass is 16.5. The van der Waals surface area contributed by atoms with Gasteiger partial charge < -0.3 is 10.1 Å². The number of benzene rings is 1. The van der Waals surface area contributed by atoms with Gasteiger partial charge in [-0.1, -0.05) is 0 Å². The van der Waals surface area contributed by atoms with Crippen LogP contribution in [-0.4, -0.2) is 24.7 Å². The topological polar surface area (TPSA) is 57.9 Å². The number of ether oxygens (including phenoxy) is 1. The van der Waals surface area contributed by atoms with Crippen LogP contribution in [-0.2, 0) is 4.74 Å². The Hall–Kier alpha value is -2.12. The fourth-order valence-corrected chi connectivity index (χ4v) is 1.63. The second-order valence-corrected chi connectivity index (χ2v) is 4.14. The summed E-state index contributed by atoms with van der Waals surface area (Å²) in [6.07, 6.45) is 0.142. The average molecular weight is 241 g/mol. The molecular formula is C14H15N3O. The first-order chi connectivity index (χ1) is 8.72. The third-order valence-electron chi connectivity index (χ3n) is 2.79. The summed E-state index contributed by atoms with van der Waals surface area (Å²) >= 11 is 0. The lowest BCUT2D eigenvalue weighted by atomic mass is 10.1. The first kappa shape index (κ1) is 12.3. The van der Waals surface area contributed by atoms with Crippen molar-refractivity contribution in [2.75, 3.05) is 19.0 Å². The number of methoxy groups -OCH3 is 1. The highest BCUT2D eigenvalue weighted by Gasteiger charge is 2.02. The molecule has 2 aromatic rings. The van der Waals surface area contributed by atoms with Gasteiger partial charge in [-0.2, -0.15) is 5.26 Å². The van der Waals surface area contributed by atoms with Crippen LogP contribution in [0.2, 0.25) is 0 Å². The molecule has 0 aliphatic carbocycles. The molecule has 0 saturated heterocycles. The Labute approximate surface area is 106 Å².